The Labute approximate surface area is 110 Å². The van der Waals surface area contributed by atoms with Gasteiger partial charge in [0.2, 0.25) is 0 Å². The number of nitrogens with zero attached hydrogens (tertiary/aromatic N) is 3. The topological polar surface area (TPSA) is 77.3 Å². The molecule has 96 valence electrons. The van der Waals surface area contributed by atoms with E-state index in [4.69, 9.17) is 19.5 Å². The third-order valence-corrected chi connectivity index (χ3v) is 2.28. The van der Waals surface area contributed by atoms with Crippen molar-refractivity contribution < 1.29 is 14.2 Å². The van der Waals surface area contributed by atoms with Crippen LogP contribution in [-0.2, 0) is 0 Å². The molecule has 0 atom stereocenters. The molecule has 2 rings (SSSR count). The predicted molar refractivity (Wildman–Crippen MR) is 66.4 cm³/mol. The summed E-state index contributed by atoms with van der Waals surface area (Å²) in [4.78, 5) is 7.85. The fourth-order valence-corrected chi connectivity index (χ4v) is 1.40. The van der Waals surface area contributed by atoms with Crippen molar-refractivity contribution in [1.29, 1.82) is 5.26 Å². The second-order valence-electron chi connectivity index (χ2n) is 3.49. The standard InChI is InChI=1S/C13H11N3O3/c1-17-10-5-11(18-2)7-12(6-10)19-13-15-4-3-9(8-14)16-13/h3-7H,1-2H3. The molecule has 0 unspecified atom stereocenters. The number of rotatable bonds is 4. The van der Waals surface area contributed by atoms with Crippen LogP contribution in [0.25, 0.3) is 0 Å². The molecule has 6 heteroatoms. The zero-order valence-corrected chi connectivity index (χ0v) is 10.5. The minimum atomic E-state index is 0.0920. The maximum Gasteiger partial charge on any atom is 0.323 e. The molecule has 2 aromatic rings. The lowest BCUT2D eigenvalue weighted by Gasteiger charge is -2.08. The van der Waals surface area contributed by atoms with E-state index in [2.05, 4.69) is 9.97 Å². The Bertz CT molecular complexity index is 601. The van der Waals surface area contributed by atoms with E-state index in [9.17, 15) is 0 Å². The number of aromatic nitrogens is 2. The smallest absolute Gasteiger partial charge is 0.323 e. The van der Waals surface area contributed by atoms with Gasteiger partial charge in [0.15, 0.2) is 0 Å². The summed E-state index contributed by atoms with van der Waals surface area (Å²) in [7, 11) is 3.09. The lowest BCUT2D eigenvalue weighted by Crippen LogP contribution is -1.95. The summed E-state index contributed by atoms with van der Waals surface area (Å²) in [5.41, 5.74) is 0.236. The van der Waals surface area contributed by atoms with Crippen LogP contribution in [0.5, 0.6) is 23.3 Å². The number of nitriles is 1. The molecule has 0 aliphatic rings. The second kappa shape index (κ2) is 5.69. The first-order valence-electron chi connectivity index (χ1n) is 5.39. The first-order valence-corrected chi connectivity index (χ1v) is 5.39. The van der Waals surface area contributed by atoms with Crippen molar-refractivity contribution in [2.24, 2.45) is 0 Å². The van der Waals surface area contributed by atoms with Crippen LogP contribution in [0.15, 0.2) is 30.5 Å². The van der Waals surface area contributed by atoms with Crippen LogP contribution in [0, 0.1) is 11.3 Å². The van der Waals surface area contributed by atoms with Crippen LogP contribution < -0.4 is 14.2 Å². The molecule has 19 heavy (non-hydrogen) atoms. The Balaban J connectivity index is 2.29. The molecule has 0 bridgehead atoms. The van der Waals surface area contributed by atoms with Crippen molar-refractivity contribution in [1.82, 2.24) is 9.97 Å². The summed E-state index contributed by atoms with van der Waals surface area (Å²) in [6.45, 7) is 0. The van der Waals surface area contributed by atoms with E-state index in [0.717, 1.165) is 0 Å². The summed E-state index contributed by atoms with van der Waals surface area (Å²) in [6.07, 6.45) is 1.46. The number of hydrogen-bond donors (Lipinski definition) is 0. The summed E-state index contributed by atoms with van der Waals surface area (Å²) in [6, 6.07) is 8.57. The highest BCUT2D eigenvalue weighted by Gasteiger charge is 2.06. The average Bonchev–Trinajstić information content (AvgIpc) is 2.47. The zero-order valence-electron chi connectivity index (χ0n) is 10.5. The highest BCUT2D eigenvalue weighted by Crippen LogP contribution is 2.29. The monoisotopic (exact) mass is 257 g/mol. The van der Waals surface area contributed by atoms with Gasteiger partial charge in [0, 0.05) is 24.4 Å². The summed E-state index contributed by atoms with van der Waals surface area (Å²) < 4.78 is 15.7. The van der Waals surface area contributed by atoms with Crippen molar-refractivity contribution >= 4 is 0 Å². The van der Waals surface area contributed by atoms with E-state index in [-0.39, 0.29) is 11.7 Å². The molecule has 0 saturated heterocycles. The molecule has 0 N–H and O–H groups in total. The number of benzene rings is 1. The van der Waals surface area contributed by atoms with Crippen molar-refractivity contribution in [3.05, 3.63) is 36.2 Å². The molecule has 1 aromatic heterocycles. The van der Waals surface area contributed by atoms with Crippen LogP contribution in [0.4, 0.5) is 0 Å². The van der Waals surface area contributed by atoms with Gasteiger partial charge in [-0.05, 0) is 6.07 Å². The highest BCUT2D eigenvalue weighted by molar-refractivity contribution is 5.43. The third kappa shape index (κ3) is 3.10. The van der Waals surface area contributed by atoms with E-state index in [1.54, 1.807) is 32.4 Å². The van der Waals surface area contributed by atoms with Crippen molar-refractivity contribution in [2.75, 3.05) is 14.2 Å². The zero-order chi connectivity index (χ0) is 13.7. The van der Waals surface area contributed by atoms with Gasteiger partial charge in [0.25, 0.3) is 0 Å². The van der Waals surface area contributed by atoms with E-state index < -0.39 is 0 Å². The van der Waals surface area contributed by atoms with E-state index in [1.165, 1.54) is 12.3 Å². The van der Waals surface area contributed by atoms with Gasteiger partial charge in [-0.3, -0.25) is 0 Å². The second-order valence-corrected chi connectivity index (χ2v) is 3.49. The number of methoxy groups -OCH3 is 2. The van der Waals surface area contributed by atoms with Crippen LogP contribution in [0.2, 0.25) is 0 Å². The molecule has 0 amide bonds. The fourth-order valence-electron chi connectivity index (χ4n) is 1.40. The van der Waals surface area contributed by atoms with Gasteiger partial charge in [-0.15, -0.1) is 0 Å². The van der Waals surface area contributed by atoms with Crippen LogP contribution in [0.1, 0.15) is 5.69 Å². The molecule has 1 aromatic carbocycles. The van der Waals surface area contributed by atoms with E-state index in [0.29, 0.717) is 17.2 Å². The van der Waals surface area contributed by atoms with Gasteiger partial charge in [-0.25, -0.2) is 4.98 Å². The largest absolute Gasteiger partial charge is 0.496 e. The Morgan fingerprint density at radius 1 is 1.05 bits per heavy atom. The summed E-state index contributed by atoms with van der Waals surface area (Å²) >= 11 is 0. The summed E-state index contributed by atoms with van der Waals surface area (Å²) in [5.74, 6) is 1.64. The Kier molecular flexibility index (Phi) is 3.78. The fraction of sp³-hybridized carbons (Fsp3) is 0.154. The van der Waals surface area contributed by atoms with Gasteiger partial charge in [0.1, 0.15) is 29.0 Å². The van der Waals surface area contributed by atoms with Gasteiger partial charge in [-0.2, -0.15) is 10.2 Å². The maximum atomic E-state index is 8.76. The normalized spacial score (nSPS) is 9.53. The minimum absolute atomic E-state index is 0.0920. The molecule has 0 aliphatic carbocycles. The molecule has 6 nitrogen and oxygen atoms in total. The van der Waals surface area contributed by atoms with Crippen LogP contribution in [0.3, 0.4) is 0 Å². The van der Waals surface area contributed by atoms with Crippen LogP contribution in [-0.4, -0.2) is 24.2 Å². The first kappa shape index (κ1) is 12.6. The van der Waals surface area contributed by atoms with Gasteiger partial charge in [-0.1, -0.05) is 0 Å². The molecular formula is C13H11N3O3. The molecule has 0 aliphatic heterocycles. The molecule has 0 saturated carbocycles. The van der Waals surface area contributed by atoms with Crippen molar-refractivity contribution in [2.45, 2.75) is 0 Å². The first-order chi connectivity index (χ1) is 9.25. The van der Waals surface area contributed by atoms with Gasteiger partial charge >= 0.3 is 6.01 Å². The molecular weight excluding hydrogens is 246 g/mol. The Morgan fingerprint density at radius 3 is 2.26 bits per heavy atom. The van der Waals surface area contributed by atoms with Gasteiger partial charge < -0.3 is 14.2 Å². The van der Waals surface area contributed by atoms with Gasteiger partial charge in [0.05, 0.1) is 14.2 Å². The van der Waals surface area contributed by atoms with E-state index >= 15 is 0 Å². The molecule has 1 heterocycles. The van der Waals surface area contributed by atoms with Crippen molar-refractivity contribution in [3.63, 3.8) is 0 Å². The Hall–Kier alpha value is -2.81. The third-order valence-electron chi connectivity index (χ3n) is 2.28. The quantitative estimate of drug-likeness (QED) is 0.835. The predicted octanol–water partition coefficient (Wildman–Crippen LogP) is 2.16. The van der Waals surface area contributed by atoms with E-state index in [1.807, 2.05) is 6.07 Å². The number of ether oxygens (including phenoxy) is 3. The molecule has 0 radical (unpaired) electrons. The Morgan fingerprint density at radius 2 is 1.68 bits per heavy atom. The minimum Gasteiger partial charge on any atom is -0.496 e. The van der Waals surface area contributed by atoms with Crippen LogP contribution >= 0.6 is 0 Å². The lowest BCUT2D eigenvalue weighted by atomic mass is 10.3. The molecule has 0 spiro atoms. The van der Waals surface area contributed by atoms with Crippen molar-refractivity contribution in [3.8, 4) is 29.3 Å². The highest BCUT2D eigenvalue weighted by atomic mass is 16.5. The average molecular weight is 257 g/mol. The maximum absolute atomic E-state index is 8.76. The SMILES string of the molecule is COc1cc(OC)cc(Oc2nccc(C#N)n2)c1. The summed E-state index contributed by atoms with van der Waals surface area (Å²) in [5, 5.41) is 8.76. The molecule has 0 fully saturated rings. The number of hydrogen-bond acceptors (Lipinski definition) is 6. The lowest BCUT2D eigenvalue weighted by molar-refractivity contribution is 0.382.